The topological polar surface area (TPSA) is 46.2 Å². The molecule has 0 saturated heterocycles. The number of rotatable bonds is 25. The second-order valence-corrected chi connectivity index (χ2v) is 11.8. The van der Waals surface area contributed by atoms with Gasteiger partial charge in [-0.2, -0.15) is 0 Å². The van der Waals surface area contributed by atoms with Crippen molar-refractivity contribution in [2.24, 2.45) is 0 Å². The van der Waals surface area contributed by atoms with Gasteiger partial charge in [0, 0.05) is 0 Å². The maximum atomic E-state index is 5.98. The molecule has 0 N–H and O–H groups in total. The third kappa shape index (κ3) is 14.0. The monoisotopic (exact) mass is 648 g/mol. The fourth-order valence-electron chi connectivity index (χ4n) is 5.17. The molecule has 0 amide bonds. The van der Waals surface area contributed by atoms with Crippen molar-refractivity contribution in [3.05, 3.63) is 128 Å². The van der Waals surface area contributed by atoms with Crippen LogP contribution in [0.5, 0.6) is 28.7 Å². The zero-order valence-corrected chi connectivity index (χ0v) is 28.5. The van der Waals surface area contributed by atoms with Crippen LogP contribution in [-0.4, -0.2) is 33.0 Å². The van der Waals surface area contributed by atoms with Gasteiger partial charge >= 0.3 is 0 Å². The molecular formula is C43H52O5. The molecule has 4 aromatic carbocycles. The number of hydrogen-bond acceptors (Lipinski definition) is 5. The SMILES string of the molecule is C=CCCc1ccc(OCCCCCCOc2ccc(-c3ccc(OCCCCCCOc4ccc(OCC=C)cc4)cc3)cc2)cc1. The Kier molecular flexibility index (Phi) is 16.6. The van der Waals surface area contributed by atoms with Crippen molar-refractivity contribution >= 4 is 0 Å². The number of benzene rings is 4. The van der Waals surface area contributed by atoms with E-state index in [4.69, 9.17) is 23.7 Å². The van der Waals surface area contributed by atoms with Gasteiger partial charge in [-0.3, -0.25) is 0 Å². The zero-order valence-electron chi connectivity index (χ0n) is 28.5. The minimum Gasteiger partial charge on any atom is -0.494 e. The lowest BCUT2D eigenvalue weighted by atomic mass is 10.1. The molecule has 4 rings (SSSR count). The maximum Gasteiger partial charge on any atom is 0.120 e. The molecule has 0 radical (unpaired) electrons. The van der Waals surface area contributed by atoms with E-state index in [0.29, 0.717) is 13.2 Å². The highest BCUT2D eigenvalue weighted by Crippen LogP contribution is 2.25. The van der Waals surface area contributed by atoms with E-state index in [1.54, 1.807) is 6.08 Å². The first-order valence-corrected chi connectivity index (χ1v) is 17.5. The van der Waals surface area contributed by atoms with E-state index in [0.717, 1.165) is 113 Å². The first-order valence-electron chi connectivity index (χ1n) is 17.5. The average Bonchev–Trinajstić information content (AvgIpc) is 3.13. The van der Waals surface area contributed by atoms with Gasteiger partial charge < -0.3 is 23.7 Å². The molecule has 0 fully saturated rings. The average molecular weight is 649 g/mol. The van der Waals surface area contributed by atoms with E-state index in [1.165, 1.54) is 16.7 Å². The van der Waals surface area contributed by atoms with Crippen molar-refractivity contribution < 1.29 is 23.7 Å². The lowest BCUT2D eigenvalue weighted by molar-refractivity contribution is 0.287. The Hall–Kier alpha value is -4.64. The van der Waals surface area contributed by atoms with Crippen LogP contribution in [0.15, 0.2) is 122 Å². The van der Waals surface area contributed by atoms with Gasteiger partial charge in [-0.25, -0.2) is 0 Å². The molecule has 254 valence electrons. The smallest absolute Gasteiger partial charge is 0.120 e. The molecule has 0 atom stereocenters. The van der Waals surface area contributed by atoms with Crippen LogP contribution in [0.25, 0.3) is 11.1 Å². The van der Waals surface area contributed by atoms with Crippen LogP contribution in [0, 0.1) is 0 Å². The Balaban J connectivity index is 0.999. The summed E-state index contributed by atoms with van der Waals surface area (Å²) in [5, 5.41) is 0. The van der Waals surface area contributed by atoms with Gasteiger partial charge in [0.2, 0.25) is 0 Å². The fraction of sp³-hybridized carbons (Fsp3) is 0.349. The highest BCUT2D eigenvalue weighted by Gasteiger charge is 2.02. The molecule has 0 aromatic heterocycles. The van der Waals surface area contributed by atoms with Gasteiger partial charge in [-0.1, -0.05) is 55.1 Å². The Morgan fingerprint density at radius 1 is 0.375 bits per heavy atom. The molecule has 5 nitrogen and oxygen atoms in total. The summed E-state index contributed by atoms with van der Waals surface area (Å²) in [6.07, 6.45) is 14.4. The number of allylic oxidation sites excluding steroid dienone is 1. The van der Waals surface area contributed by atoms with Crippen LogP contribution in [-0.2, 0) is 6.42 Å². The lowest BCUT2D eigenvalue weighted by Crippen LogP contribution is -2.00. The van der Waals surface area contributed by atoms with Crippen molar-refractivity contribution in [2.75, 3.05) is 33.0 Å². The summed E-state index contributed by atoms with van der Waals surface area (Å²) in [5.74, 6) is 4.46. The fourth-order valence-corrected chi connectivity index (χ4v) is 5.17. The van der Waals surface area contributed by atoms with Crippen molar-refractivity contribution in [3.8, 4) is 39.9 Å². The summed E-state index contributed by atoms with van der Waals surface area (Å²) < 4.78 is 29.2. The molecule has 0 aliphatic carbocycles. The quantitative estimate of drug-likeness (QED) is 0.0529. The Bertz CT molecular complexity index is 1310. The van der Waals surface area contributed by atoms with Gasteiger partial charge in [0.15, 0.2) is 0 Å². The summed E-state index contributed by atoms with van der Waals surface area (Å²) in [7, 11) is 0. The molecule has 0 aliphatic rings. The predicted octanol–water partition coefficient (Wildman–Crippen LogP) is 11.1. The van der Waals surface area contributed by atoms with Crippen molar-refractivity contribution in [3.63, 3.8) is 0 Å². The predicted molar refractivity (Wildman–Crippen MR) is 198 cm³/mol. The van der Waals surface area contributed by atoms with E-state index in [2.05, 4.69) is 73.8 Å². The normalized spacial score (nSPS) is 10.7. The first kappa shape index (κ1) is 36.2. The number of hydrogen-bond donors (Lipinski definition) is 0. The van der Waals surface area contributed by atoms with Crippen molar-refractivity contribution in [1.29, 1.82) is 0 Å². The van der Waals surface area contributed by atoms with Gasteiger partial charge in [0.05, 0.1) is 26.4 Å². The first-order chi connectivity index (χ1) is 23.7. The molecule has 0 unspecified atom stereocenters. The lowest BCUT2D eigenvalue weighted by Gasteiger charge is -2.10. The highest BCUT2D eigenvalue weighted by molar-refractivity contribution is 5.64. The Labute approximate surface area is 288 Å². The Morgan fingerprint density at radius 2 is 0.708 bits per heavy atom. The molecule has 0 saturated carbocycles. The minimum atomic E-state index is 0.508. The number of ether oxygens (including phenoxy) is 5. The maximum absolute atomic E-state index is 5.98. The molecular weight excluding hydrogens is 596 g/mol. The molecule has 0 aliphatic heterocycles. The van der Waals surface area contributed by atoms with Gasteiger partial charge in [-0.15, -0.1) is 6.58 Å². The molecule has 0 bridgehead atoms. The van der Waals surface area contributed by atoms with Crippen molar-refractivity contribution in [1.82, 2.24) is 0 Å². The largest absolute Gasteiger partial charge is 0.494 e. The van der Waals surface area contributed by atoms with E-state index in [1.807, 2.05) is 42.5 Å². The van der Waals surface area contributed by atoms with Crippen LogP contribution in [0.4, 0.5) is 0 Å². The van der Waals surface area contributed by atoms with E-state index in [9.17, 15) is 0 Å². The highest BCUT2D eigenvalue weighted by atomic mass is 16.5. The summed E-state index contributed by atoms with van der Waals surface area (Å²) in [4.78, 5) is 0. The van der Waals surface area contributed by atoms with Crippen LogP contribution in [0.2, 0.25) is 0 Å². The van der Waals surface area contributed by atoms with Gasteiger partial charge in [0.1, 0.15) is 35.4 Å². The second-order valence-electron chi connectivity index (χ2n) is 11.8. The zero-order chi connectivity index (χ0) is 33.5. The van der Waals surface area contributed by atoms with Gasteiger partial charge in [-0.05, 0) is 142 Å². The van der Waals surface area contributed by atoms with E-state index >= 15 is 0 Å². The summed E-state index contributed by atoms with van der Waals surface area (Å²) >= 11 is 0. The van der Waals surface area contributed by atoms with Gasteiger partial charge in [0.25, 0.3) is 0 Å². The van der Waals surface area contributed by atoms with Crippen LogP contribution < -0.4 is 23.7 Å². The molecule has 0 spiro atoms. The van der Waals surface area contributed by atoms with E-state index in [-0.39, 0.29) is 0 Å². The summed E-state index contributed by atoms with van der Waals surface area (Å²) in [6, 6.07) is 32.8. The number of aryl methyl sites for hydroxylation is 1. The third-order valence-corrected chi connectivity index (χ3v) is 7.95. The Morgan fingerprint density at radius 3 is 1.06 bits per heavy atom. The molecule has 5 heteroatoms. The van der Waals surface area contributed by atoms with Crippen LogP contribution in [0.1, 0.15) is 63.4 Å². The summed E-state index contributed by atoms with van der Waals surface area (Å²) in [5.41, 5.74) is 3.65. The van der Waals surface area contributed by atoms with Crippen LogP contribution >= 0.6 is 0 Å². The third-order valence-electron chi connectivity index (χ3n) is 7.95. The molecule has 48 heavy (non-hydrogen) atoms. The van der Waals surface area contributed by atoms with Crippen molar-refractivity contribution in [2.45, 2.75) is 64.2 Å². The standard InChI is InChI=1S/C43H52O5/c1-3-5-14-36-15-21-39(22-16-36)45-32-10-6-7-11-33-46-40-23-17-37(18-24-40)38-19-25-41(26-20-38)47-34-12-8-9-13-35-48-43-29-27-42(28-30-43)44-31-4-2/h3-4,15-30H,1-2,5-14,31-35H2. The number of unbranched alkanes of at least 4 members (excludes halogenated alkanes) is 6. The summed E-state index contributed by atoms with van der Waals surface area (Å²) in [6.45, 7) is 10.9. The van der Waals surface area contributed by atoms with E-state index < -0.39 is 0 Å². The molecule has 0 heterocycles. The molecule has 4 aromatic rings. The van der Waals surface area contributed by atoms with Crippen LogP contribution in [0.3, 0.4) is 0 Å². The minimum absolute atomic E-state index is 0.508. The second kappa shape index (κ2) is 22.0.